The minimum Gasteiger partial charge on any atom is -0.497 e. The van der Waals surface area contributed by atoms with Gasteiger partial charge >= 0.3 is 0 Å². The maximum atomic E-state index is 13.7. The van der Waals surface area contributed by atoms with Crippen LogP contribution in [0, 0.1) is 20.8 Å². The van der Waals surface area contributed by atoms with E-state index in [4.69, 9.17) is 9.72 Å². The van der Waals surface area contributed by atoms with Crippen LogP contribution in [0.25, 0.3) is 15.9 Å². The molecule has 2 aromatic heterocycles. The van der Waals surface area contributed by atoms with Crippen molar-refractivity contribution in [1.29, 1.82) is 0 Å². The van der Waals surface area contributed by atoms with Crippen molar-refractivity contribution in [3.8, 4) is 11.4 Å². The van der Waals surface area contributed by atoms with Crippen LogP contribution in [-0.4, -0.2) is 28.3 Å². The third kappa shape index (κ3) is 5.13. The molecule has 0 aliphatic carbocycles. The maximum absolute atomic E-state index is 13.7. The van der Waals surface area contributed by atoms with Gasteiger partial charge in [-0.1, -0.05) is 37.2 Å². The van der Waals surface area contributed by atoms with Gasteiger partial charge in [-0.15, -0.1) is 11.3 Å². The summed E-state index contributed by atoms with van der Waals surface area (Å²) in [7, 11) is 1.61. The second kappa shape index (κ2) is 10.7. The van der Waals surface area contributed by atoms with E-state index in [2.05, 4.69) is 12.2 Å². The topological polar surface area (TPSA) is 73.2 Å². The number of fused-ring (bicyclic) bond motifs is 1. The van der Waals surface area contributed by atoms with Gasteiger partial charge in [-0.3, -0.25) is 14.2 Å². The Morgan fingerprint density at radius 3 is 2.54 bits per heavy atom. The molecule has 0 aliphatic rings. The molecular formula is C27H29N3O3S2. The minimum atomic E-state index is -0.145. The monoisotopic (exact) mass is 507 g/mol. The van der Waals surface area contributed by atoms with E-state index in [9.17, 15) is 9.59 Å². The van der Waals surface area contributed by atoms with Crippen molar-refractivity contribution in [2.45, 2.75) is 45.7 Å². The molecule has 35 heavy (non-hydrogen) atoms. The summed E-state index contributed by atoms with van der Waals surface area (Å²) in [4.78, 5) is 33.3. The Bertz CT molecular complexity index is 1440. The summed E-state index contributed by atoms with van der Waals surface area (Å²) in [5.74, 6) is 0.691. The largest absolute Gasteiger partial charge is 0.497 e. The molecule has 1 N–H and O–H groups in total. The van der Waals surface area contributed by atoms with E-state index in [1.165, 1.54) is 16.6 Å². The number of thiophene rings is 1. The molecular weight excluding hydrogens is 478 g/mol. The van der Waals surface area contributed by atoms with Crippen LogP contribution < -0.4 is 15.6 Å². The zero-order chi connectivity index (χ0) is 25.1. The van der Waals surface area contributed by atoms with Crippen LogP contribution in [0.3, 0.4) is 0 Å². The number of aryl methyl sites for hydroxylation is 3. The van der Waals surface area contributed by atoms with E-state index in [0.717, 1.165) is 40.0 Å². The van der Waals surface area contributed by atoms with E-state index in [-0.39, 0.29) is 17.2 Å². The number of rotatable bonds is 8. The molecule has 1 amide bonds. The van der Waals surface area contributed by atoms with Crippen molar-refractivity contribution in [2.24, 2.45) is 0 Å². The number of thioether (sulfide) groups is 1. The molecule has 182 valence electrons. The summed E-state index contributed by atoms with van der Waals surface area (Å²) >= 11 is 2.83. The van der Waals surface area contributed by atoms with Gasteiger partial charge in [-0.2, -0.15) is 0 Å². The van der Waals surface area contributed by atoms with Gasteiger partial charge < -0.3 is 10.1 Å². The summed E-state index contributed by atoms with van der Waals surface area (Å²) in [6.45, 7) is 8.13. The summed E-state index contributed by atoms with van der Waals surface area (Å²) in [5.41, 5.74) is 4.52. The molecule has 0 unspecified atom stereocenters. The highest BCUT2D eigenvalue weighted by Gasteiger charge is 2.20. The van der Waals surface area contributed by atoms with Crippen molar-refractivity contribution >= 4 is 44.9 Å². The average Bonchev–Trinajstić information content (AvgIpc) is 3.16. The lowest BCUT2D eigenvalue weighted by Gasteiger charge is -2.13. The fourth-order valence-electron chi connectivity index (χ4n) is 3.93. The summed E-state index contributed by atoms with van der Waals surface area (Å²) in [5, 5.41) is 4.13. The van der Waals surface area contributed by atoms with E-state index >= 15 is 0 Å². The van der Waals surface area contributed by atoms with Crippen LogP contribution in [0.5, 0.6) is 5.75 Å². The molecule has 0 spiro atoms. The van der Waals surface area contributed by atoms with Gasteiger partial charge in [-0.05, 0) is 74.2 Å². The Morgan fingerprint density at radius 2 is 1.86 bits per heavy atom. The predicted octanol–water partition coefficient (Wildman–Crippen LogP) is 6.06. The molecule has 0 saturated heterocycles. The van der Waals surface area contributed by atoms with Gasteiger partial charge in [0.15, 0.2) is 5.16 Å². The van der Waals surface area contributed by atoms with Gasteiger partial charge in [0, 0.05) is 10.6 Å². The number of hydrogen-bond donors (Lipinski definition) is 1. The molecule has 0 bridgehead atoms. The summed E-state index contributed by atoms with van der Waals surface area (Å²) in [6.07, 6.45) is 1.91. The van der Waals surface area contributed by atoms with Crippen LogP contribution >= 0.6 is 23.1 Å². The number of carbonyl (C=O) groups is 1. The fraction of sp³-hybridized carbons (Fsp3) is 0.296. The highest BCUT2D eigenvalue weighted by molar-refractivity contribution is 7.99. The molecule has 4 aromatic rings. The number of hydrogen-bond acceptors (Lipinski definition) is 6. The second-order valence-electron chi connectivity index (χ2n) is 8.40. The van der Waals surface area contributed by atoms with Crippen molar-refractivity contribution in [1.82, 2.24) is 9.55 Å². The molecule has 0 fully saturated rings. The van der Waals surface area contributed by atoms with Crippen LogP contribution in [-0.2, 0) is 11.2 Å². The normalized spacial score (nSPS) is 11.1. The van der Waals surface area contributed by atoms with Crippen LogP contribution in [0.4, 0.5) is 5.69 Å². The van der Waals surface area contributed by atoms with Gasteiger partial charge in [0.2, 0.25) is 5.91 Å². The molecule has 2 heterocycles. The highest BCUT2D eigenvalue weighted by Crippen LogP contribution is 2.31. The van der Waals surface area contributed by atoms with Crippen molar-refractivity contribution in [2.75, 3.05) is 18.2 Å². The summed E-state index contributed by atoms with van der Waals surface area (Å²) < 4.78 is 6.88. The van der Waals surface area contributed by atoms with E-state index in [0.29, 0.717) is 22.0 Å². The molecule has 0 saturated carbocycles. The highest BCUT2D eigenvalue weighted by atomic mass is 32.2. The van der Waals surface area contributed by atoms with Crippen molar-refractivity contribution < 1.29 is 9.53 Å². The molecule has 0 radical (unpaired) electrons. The van der Waals surface area contributed by atoms with Crippen molar-refractivity contribution in [3.63, 3.8) is 0 Å². The van der Waals surface area contributed by atoms with Crippen LogP contribution in [0.15, 0.2) is 52.4 Å². The summed E-state index contributed by atoms with van der Waals surface area (Å²) in [6, 6.07) is 13.1. The smallest absolute Gasteiger partial charge is 0.267 e. The van der Waals surface area contributed by atoms with Crippen LogP contribution in [0.2, 0.25) is 0 Å². The third-order valence-electron chi connectivity index (χ3n) is 6.05. The van der Waals surface area contributed by atoms with Gasteiger partial charge in [0.1, 0.15) is 10.6 Å². The number of aromatic nitrogens is 2. The number of methoxy groups -OCH3 is 1. The van der Waals surface area contributed by atoms with Crippen LogP contribution in [0.1, 0.15) is 34.9 Å². The van der Waals surface area contributed by atoms with Gasteiger partial charge in [-0.25, -0.2) is 4.98 Å². The Balaban J connectivity index is 1.72. The first-order valence-corrected chi connectivity index (χ1v) is 13.3. The average molecular weight is 508 g/mol. The molecule has 0 atom stereocenters. The van der Waals surface area contributed by atoms with E-state index < -0.39 is 0 Å². The standard InChI is InChI=1S/C27H29N3O3S2/c1-6-8-22-18(4)24-25(35-22)29-27(30(26(24)32)19-11-13-20(33-5)14-12-19)34-15-23(31)28-21-10-7-9-16(2)17(21)3/h7,9-14H,6,8,15H2,1-5H3,(H,28,31). The molecule has 6 nitrogen and oxygen atoms in total. The number of ether oxygens (including phenoxy) is 1. The SMILES string of the molecule is CCCc1sc2nc(SCC(=O)Nc3cccc(C)c3C)n(-c3ccc(OC)cc3)c(=O)c2c1C. The third-order valence-corrected chi connectivity index (χ3v) is 8.24. The zero-order valence-corrected chi connectivity index (χ0v) is 22.2. The second-order valence-corrected chi connectivity index (χ2v) is 10.4. The lowest BCUT2D eigenvalue weighted by atomic mass is 10.1. The first-order valence-electron chi connectivity index (χ1n) is 11.5. The Hall–Kier alpha value is -3.10. The first kappa shape index (κ1) is 25.0. The number of carbonyl (C=O) groups excluding carboxylic acids is 1. The number of amides is 1. The molecule has 4 rings (SSSR count). The number of benzene rings is 2. The zero-order valence-electron chi connectivity index (χ0n) is 20.6. The van der Waals surface area contributed by atoms with Gasteiger partial charge in [0.05, 0.1) is 23.9 Å². The van der Waals surface area contributed by atoms with E-state index in [1.54, 1.807) is 23.0 Å². The Morgan fingerprint density at radius 1 is 1.11 bits per heavy atom. The lowest BCUT2D eigenvalue weighted by molar-refractivity contribution is -0.113. The quantitative estimate of drug-likeness (QED) is 0.232. The van der Waals surface area contributed by atoms with Crippen molar-refractivity contribution in [3.05, 3.63) is 74.4 Å². The minimum absolute atomic E-state index is 0.117. The molecule has 8 heteroatoms. The number of nitrogens with zero attached hydrogens (tertiary/aromatic N) is 2. The Kier molecular flexibility index (Phi) is 7.62. The Labute approximate surface area is 213 Å². The predicted molar refractivity (Wildman–Crippen MR) is 146 cm³/mol. The maximum Gasteiger partial charge on any atom is 0.267 e. The molecule has 0 aliphatic heterocycles. The first-order chi connectivity index (χ1) is 16.8. The number of nitrogens with one attached hydrogen (secondary N) is 1. The molecule has 2 aromatic carbocycles. The van der Waals surface area contributed by atoms with Gasteiger partial charge in [0.25, 0.3) is 5.56 Å². The van der Waals surface area contributed by atoms with E-state index in [1.807, 2.05) is 63.2 Å². The number of anilines is 1. The lowest BCUT2D eigenvalue weighted by Crippen LogP contribution is -2.23. The fourth-order valence-corrected chi connectivity index (χ4v) is 6.07.